The van der Waals surface area contributed by atoms with Crippen molar-refractivity contribution in [1.29, 1.82) is 0 Å². The second kappa shape index (κ2) is 11.9. The molecule has 1 unspecified atom stereocenters. The predicted octanol–water partition coefficient (Wildman–Crippen LogP) is 4.42. The van der Waals surface area contributed by atoms with Crippen LogP contribution in [0.4, 0.5) is 5.69 Å². The molecule has 1 fully saturated rings. The molecule has 0 aromatic heterocycles. The van der Waals surface area contributed by atoms with Crippen LogP contribution in [0.25, 0.3) is 0 Å². The van der Waals surface area contributed by atoms with Crippen molar-refractivity contribution in [2.45, 2.75) is 50.2 Å². The van der Waals surface area contributed by atoms with Crippen LogP contribution in [0.5, 0.6) is 0 Å². The maximum atomic E-state index is 12.9. The average Bonchev–Trinajstić information content (AvgIpc) is 2.77. The van der Waals surface area contributed by atoms with Gasteiger partial charge in [0.15, 0.2) is 0 Å². The number of carbonyl (C=O) groups is 2. The standard InChI is InChI=1S/C25H32N2O3S/c1-18(2)24(27-23(28)16-19-7-4-3-5-8-19)25(29)26-21-10-6-9-20(15-21)17-31-22-11-13-30-14-12-22/h3-10,15,18,22,24H,11-14,16-17H2,1-2H3,(H,26,29)(H,27,28). The van der Waals surface area contributed by atoms with Crippen LogP contribution in [-0.2, 0) is 26.5 Å². The summed E-state index contributed by atoms with van der Waals surface area (Å²) in [6.07, 6.45) is 2.45. The minimum absolute atomic E-state index is 0.0213. The average molecular weight is 441 g/mol. The molecule has 1 heterocycles. The molecule has 1 aliphatic heterocycles. The van der Waals surface area contributed by atoms with Crippen molar-refractivity contribution in [3.05, 3.63) is 65.7 Å². The number of amides is 2. The first-order chi connectivity index (χ1) is 15.0. The molecule has 0 spiro atoms. The molecular formula is C25H32N2O3S. The van der Waals surface area contributed by atoms with E-state index in [0.29, 0.717) is 5.25 Å². The summed E-state index contributed by atoms with van der Waals surface area (Å²) in [5, 5.41) is 6.53. The van der Waals surface area contributed by atoms with E-state index in [1.807, 2.05) is 74.1 Å². The molecule has 1 atom stereocenters. The van der Waals surface area contributed by atoms with Gasteiger partial charge < -0.3 is 15.4 Å². The lowest BCUT2D eigenvalue weighted by molar-refractivity contribution is -0.127. The SMILES string of the molecule is CC(C)C(NC(=O)Cc1ccccc1)C(=O)Nc1cccc(CSC2CCOCC2)c1. The molecular weight excluding hydrogens is 408 g/mol. The van der Waals surface area contributed by atoms with E-state index in [1.165, 1.54) is 5.56 Å². The molecule has 0 radical (unpaired) electrons. The van der Waals surface area contributed by atoms with Gasteiger partial charge in [-0.3, -0.25) is 9.59 Å². The van der Waals surface area contributed by atoms with Crippen molar-refractivity contribution in [1.82, 2.24) is 5.32 Å². The Bertz CT molecular complexity index is 851. The summed E-state index contributed by atoms with van der Waals surface area (Å²) < 4.78 is 5.43. The molecule has 2 aromatic rings. The van der Waals surface area contributed by atoms with Gasteiger partial charge in [0, 0.05) is 29.9 Å². The van der Waals surface area contributed by atoms with Crippen molar-refractivity contribution in [3.63, 3.8) is 0 Å². The van der Waals surface area contributed by atoms with Gasteiger partial charge in [-0.1, -0.05) is 56.3 Å². The third kappa shape index (κ3) is 7.71. The Morgan fingerprint density at radius 3 is 2.45 bits per heavy atom. The first-order valence-corrected chi connectivity index (χ1v) is 12.0. The van der Waals surface area contributed by atoms with Crippen LogP contribution in [-0.4, -0.2) is 36.3 Å². The summed E-state index contributed by atoms with van der Waals surface area (Å²) in [5.41, 5.74) is 2.87. The number of thioether (sulfide) groups is 1. The van der Waals surface area contributed by atoms with Gasteiger partial charge in [0.2, 0.25) is 11.8 Å². The topological polar surface area (TPSA) is 67.4 Å². The smallest absolute Gasteiger partial charge is 0.247 e. The van der Waals surface area contributed by atoms with E-state index in [4.69, 9.17) is 4.74 Å². The normalized spacial score (nSPS) is 15.5. The van der Waals surface area contributed by atoms with Crippen molar-refractivity contribution in [2.75, 3.05) is 18.5 Å². The van der Waals surface area contributed by atoms with Crippen molar-refractivity contribution < 1.29 is 14.3 Å². The summed E-state index contributed by atoms with van der Waals surface area (Å²) >= 11 is 1.95. The summed E-state index contributed by atoms with van der Waals surface area (Å²) in [4.78, 5) is 25.4. The molecule has 5 nitrogen and oxygen atoms in total. The molecule has 166 valence electrons. The van der Waals surface area contributed by atoms with Crippen LogP contribution in [0.15, 0.2) is 54.6 Å². The van der Waals surface area contributed by atoms with E-state index in [1.54, 1.807) is 0 Å². The van der Waals surface area contributed by atoms with Crippen LogP contribution >= 0.6 is 11.8 Å². The van der Waals surface area contributed by atoms with Gasteiger partial charge >= 0.3 is 0 Å². The highest BCUT2D eigenvalue weighted by Gasteiger charge is 2.24. The number of ether oxygens (including phenoxy) is 1. The monoisotopic (exact) mass is 440 g/mol. The Balaban J connectivity index is 1.55. The van der Waals surface area contributed by atoms with E-state index in [2.05, 4.69) is 16.7 Å². The van der Waals surface area contributed by atoms with Gasteiger partial charge in [-0.2, -0.15) is 11.8 Å². The summed E-state index contributed by atoms with van der Waals surface area (Å²) in [6.45, 7) is 5.57. The number of hydrogen-bond donors (Lipinski definition) is 2. The van der Waals surface area contributed by atoms with Gasteiger partial charge in [0.1, 0.15) is 6.04 Å². The third-order valence-corrected chi connectivity index (χ3v) is 6.76. The molecule has 2 aromatic carbocycles. The van der Waals surface area contributed by atoms with Crippen molar-refractivity contribution in [3.8, 4) is 0 Å². The number of rotatable bonds is 9. The first kappa shape index (κ1) is 23.4. The Morgan fingerprint density at radius 1 is 1.03 bits per heavy atom. The quantitative estimate of drug-likeness (QED) is 0.606. The van der Waals surface area contributed by atoms with Gasteiger partial charge in [-0.05, 0) is 42.0 Å². The van der Waals surface area contributed by atoms with E-state index < -0.39 is 6.04 Å². The first-order valence-electron chi connectivity index (χ1n) is 10.9. The van der Waals surface area contributed by atoms with Crippen LogP contribution in [0.3, 0.4) is 0 Å². The van der Waals surface area contributed by atoms with E-state index >= 15 is 0 Å². The Hall–Kier alpha value is -2.31. The maximum Gasteiger partial charge on any atom is 0.247 e. The van der Waals surface area contributed by atoms with Gasteiger partial charge in [0.25, 0.3) is 0 Å². The van der Waals surface area contributed by atoms with Crippen LogP contribution < -0.4 is 10.6 Å². The zero-order valence-corrected chi connectivity index (χ0v) is 19.1. The molecule has 31 heavy (non-hydrogen) atoms. The lowest BCUT2D eigenvalue weighted by Crippen LogP contribution is -2.47. The molecule has 1 saturated heterocycles. The molecule has 2 N–H and O–H groups in total. The number of carbonyl (C=O) groups excluding carboxylic acids is 2. The highest BCUT2D eigenvalue weighted by molar-refractivity contribution is 7.99. The maximum absolute atomic E-state index is 12.9. The fourth-order valence-electron chi connectivity index (χ4n) is 3.56. The number of hydrogen-bond acceptors (Lipinski definition) is 4. The molecule has 6 heteroatoms. The number of benzene rings is 2. The Kier molecular flexibility index (Phi) is 8.98. The van der Waals surface area contributed by atoms with Crippen molar-refractivity contribution in [2.24, 2.45) is 5.92 Å². The van der Waals surface area contributed by atoms with Gasteiger partial charge in [-0.15, -0.1) is 0 Å². The van der Waals surface area contributed by atoms with Crippen LogP contribution in [0.1, 0.15) is 37.8 Å². The van der Waals surface area contributed by atoms with Crippen LogP contribution in [0, 0.1) is 5.92 Å². The summed E-state index contributed by atoms with van der Waals surface area (Å²) in [5.74, 6) is 0.551. The molecule has 3 rings (SSSR count). The minimum atomic E-state index is -0.587. The Morgan fingerprint density at radius 2 is 1.74 bits per heavy atom. The summed E-state index contributed by atoms with van der Waals surface area (Å²) in [7, 11) is 0. The second-order valence-corrected chi connectivity index (χ2v) is 9.55. The molecule has 2 amide bonds. The summed E-state index contributed by atoms with van der Waals surface area (Å²) in [6, 6.07) is 16.9. The molecule has 1 aliphatic rings. The second-order valence-electron chi connectivity index (χ2n) is 8.26. The minimum Gasteiger partial charge on any atom is -0.381 e. The highest BCUT2D eigenvalue weighted by Crippen LogP contribution is 2.26. The highest BCUT2D eigenvalue weighted by atomic mass is 32.2. The number of anilines is 1. The van der Waals surface area contributed by atoms with E-state index in [9.17, 15) is 9.59 Å². The molecule has 0 aliphatic carbocycles. The van der Waals surface area contributed by atoms with E-state index in [0.717, 1.165) is 43.1 Å². The van der Waals surface area contributed by atoms with Gasteiger partial charge in [-0.25, -0.2) is 0 Å². The lowest BCUT2D eigenvalue weighted by atomic mass is 10.0. The zero-order chi connectivity index (χ0) is 22.1. The fourth-order valence-corrected chi connectivity index (χ4v) is 4.69. The zero-order valence-electron chi connectivity index (χ0n) is 18.3. The molecule has 0 bridgehead atoms. The van der Waals surface area contributed by atoms with Crippen molar-refractivity contribution >= 4 is 29.3 Å². The Labute approximate surface area is 189 Å². The number of nitrogens with one attached hydrogen (secondary N) is 2. The predicted molar refractivity (Wildman–Crippen MR) is 127 cm³/mol. The fraction of sp³-hybridized carbons (Fsp3) is 0.440. The molecule has 0 saturated carbocycles. The van der Waals surface area contributed by atoms with Crippen LogP contribution in [0.2, 0.25) is 0 Å². The lowest BCUT2D eigenvalue weighted by Gasteiger charge is -2.22. The van der Waals surface area contributed by atoms with E-state index in [-0.39, 0.29) is 24.2 Å². The largest absolute Gasteiger partial charge is 0.381 e. The third-order valence-electron chi connectivity index (χ3n) is 5.32. The van der Waals surface area contributed by atoms with Gasteiger partial charge in [0.05, 0.1) is 6.42 Å².